The first-order valence-electron chi connectivity index (χ1n) is 13.9. The summed E-state index contributed by atoms with van der Waals surface area (Å²) < 4.78 is 38.3. The standard InChI is InChI=1S/C17H15F3N4.C16H15ClN4/c1-10-9-22-11(2)15(10)14-6-7-21-16(24-14)23-13-5-3-4-12(8-13)17(18,19)20;1-10-9-19-11(2)15(10)14-6-7-18-16(21-14)20-13-5-3-4-12(17)8-13/h3-9,22H,1-2H3,(H,21,23,24);3-9,19H,1-2H3,(H,18,20,21). The van der Waals surface area contributed by atoms with E-state index in [2.05, 4.69) is 47.5 Å². The third-order valence-electron chi connectivity index (χ3n) is 6.90. The number of nitrogens with zero attached hydrogens (tertiary/aromatic N) is 4. The van der Waals surface area contributed by atoms with Crippen molar-refractivity contribution in [1.29, 1.82) is 0 Å². The fourth-order valence-corrected chi connectivity index (χ4v) is 5.01. The lowest BCUT2D eigenvalue weighted by Gasteiger charge is -2.10. The van der Waals surface area contributed by atoms with Crippen LogP contribution in [0.5, 0.6) is 0 Å². The van der Waals surface area contributed by atoms with Gasteiger partial charge in [-0.05, 0) is 87.4 Å². The second-order valence-corrected chi connectivity index (χ2v) is 10.7. The van der Waals surface area contributed by atoms with Crippen LogP contribution in [0.3, 0.4) is 0 Å². The summed E-state index contributed by atoms with van der Waals surface area (Å²) in [5.41, 5.74) is 8.37. The molecular weight excluding hydrogens is 601 g/mol. The van der Waals surface area contributed by atoms with E-state index in [0.717, 1.165) is 51.6 Å². The fraction of sp³-hybridized carbons (Fsp3) is 0.152. The SMILES string of the molecule is Cc1c[nH]c(C)c1-c1ccnc(Nc2cccc(C(F)(F)F)c2)n1.Cc1c[nH]c(C)c1-c1ccnc(Nc2cccc(Cl)c2)n1. The van der Waals surface area contributed by atoms with Gasteiger partial charge in [-0.2, -0.15) is 13.2 Å². The van der Waals surface area contributed by atoms with Gasteiger partial charge in [0, 0.05) is 63.7 Å². The first-order chi connectivity index (χ1) is 21.5. The van der Waals surface area contributed by atoms with Crippen LogP contribution in [0, 0.1) is 27.7 Å². The van der Waals surface area contributed by atoms with Gasteiger partial charge in [0.2, 0.25) is 11.9 Å². The van der Waals surface area contributed by atoms with Crippen molar-refractivity contribution in [1.82, 2.24) is 29.9 Å². The number of alkyl halides is 3. The molecule has 12 heteroatoms. The average molecular weight is 631 g/mol. The normalized spacial score (nSPS) is 11.1. The van der Waals surface area contributed by atoms with Crippen LogP contribution >= 0.6 is 11.6 Å². The molecule has 0 unspecified atom stereocenters. The second-order valence-electron chi connectivity index (χ2n) is 10.3. The molecule has 0 saturated carbocycles. The van der Waals surface area contributed by atoms with Gasteiger partial charge in [-0.1, -0.05) is 23.7 Å². The van der Waals surface area contributed by atoms with E-state index in [0.29, 0.717) is 16.7 Å². The highest BCUT2D eigenvalue weighted by molar-refractivity contribution is 6.30. The molecule has 0 saturated heterocycles. The molecule has 0 aliphatic heterocycles. The van der Waals surface area contributed by atoms with Gasteiger partial charge >= 0.3 is 6.18 Å². The number of halogens is 4. The molecule has 4 N–H and O–H groups in total. The predicted molar refractivity (Wildman–Crippen MR) is 172 cm³/mol. The predicted octanol–water partition coefficient (Wildman–Crippen LogP) is 9.34. The molecule has 0 bridgehead atoms. The average Bonchev–Trinajstić information content (AvgIpc) is 3.52. The first kappa shape index (κ1) is 31.3. The first-order valence-corrected chi connectivity index (χ1v) is 14.3. The Morgan fingerprint density at radius 1 is 0.667 bits per heavy atom. The van der Waals surface area contributed by atoms with Crippen molar-refractivity contribution in [3.8, 4) is 22.5 Å². The monoisotopic (exact) mass is 630 g/mol. The molecule has 8 nitrogen and oxygen atoms in total. The summed E-state index contributed by atoms with van der Waals surface area (Å²) in [4.78, 5) is 23.7. The maximum absolute atomic E-state index is 12.8. The van der Waals surface area contributed by atoms with E-state index in [9.17, 15) is 13.2 Å². The molecule has 0 radical (unpaired) electrons. The number of aromatic amines is 2. The Kier molecular flexibility index (Phi) is 9.19. The van der Waals surface area contributed by atoms with Crippen LogP contribution in [0.15, 0.2) is 85.5 Å². The van der Waals surface area contributed by atoms with Gasteiger partial charge in [0.15, 0.2) is 0 Å². The minimum Gasteiger partial charge on any atom is -0.364 e. The van der Waals surface area contributed by atoms with Crippen LogP contribution in [0.25, 0.3) is 22.5 Å². The number of H-pyrrole nitrogens is 2. The highest BCUT2D eigenvalue weighted by Crippen LogP contribution is 2.32. The summed E-state index contributed by atoms with van der Waals surface area (Å²) in [6.07, 6.45) is 2.80. The van der Waals surface area contributed by atoms with Crippen LogP contribution in [0.4, 0.5) is 36.4 Å². The van der Waals surface area contributed by atoms with E-state index in [1.807, 2.05) is 63.5 Å². The zero-order valence-electron chi connectivity index (χ0n) is 24.9. The summed E-state index contributed by atoms with van der Waals surface area (Å²) in [6.45, 7) is 7.99. The van der Waals surface area contributed by atoms with Crippen molar-refractivity contribution < 1.29 is 13.2 Å². The number of hydrogen-bond acceptors (Lipinski definition) is 6. The van der Waals surface area contributed by atoms with Crippen molar-refractivity contribution in [2.45, 2.75) is 33.9 Å². The molecule has 0 aliphatic carbocycles. The van der Waals surface area contributed by atoms with Gasteiger partial charge in [-0.15, -0.1) is 0 Å². The van der Waals surface area contributed by atoms with E-state index in [1.165, 1.54) is 17.7 Å². The zero-order chi connectivity index (χ0) is 32.1. The Labute approximate surface area is 263 Å². The number of nitrogens with one attached hydrogen (secondary N) is 4. The molecule has 2 aromatic carbocycles. The van der Waals surface area contributed by atoms with E-state index >= 15 is 0 Å². The largest absolute Gasteiger partial charge is 0.416 e. The molecule has 0 amide bonds. The Bertz CT molecular complexity index is 1890. The quantitative estimate of drug-likeness (QED) is 0.146. The molecule has 0 atom stereocenters. The minimum absolute atomic E-state index is 0.242. The third-order valence-corrected chi connectivity index (χ3v) is 7.13. The number of benzene rings is 2. The van der Waals surface area contributed by atoms with Gasteiger partial charge in [0.05, 0.1) is 17.0 Å². The number of rotatable bonds is 6. The number of anilines is 4. The molecular formula is C33H30ClF3N8. The maximum atomic E-state index is 12.8. The van der Waals surface area contributed by atoms with Crippen molar-refractivity contribution in [3.63, 3.8) is 0 Å². The molecule has 4 aromatic heterocycles. The van der Waals surface area contributed by atoms with E-state index in [-0.39, 0.29) is 11.6 Å². The van der Waals surface area contributed by atoms with Crippen LogP contribution < -0.4 is 10.6 Å². The van der Waals surface area contributed by atoms with Crippen LogP contribution in [0.2, 0.25) is 5.02 Å². The Balaban J connectivity index is 0.000000179. The molecule has 6 rings (SSSR count). The minimum atomic E-state index is -4.39. The van der Waals surface area contributed by atoms with Gasteiger partial charge in [0.25, 0.3) is 0 Å². The highest BCUT2D eigenvalue weighted by Gasteiger charge is 2.30. The molecule has 45 heavy (non-hydrogen) atoms. The lowest BCUT2D eigenvalue weighted by molar-refractivity contribution is -0.137. The fourth-order valence-electron chi connectivity index (χ4n) is 4.82. The molecule has 4 heterocycles. The Hall–Kier alpha value is -5.16. The number of aromatic nitrogens is 6. The van der Waals surface area contributed by atoms with Gasteiger partial charge < -0.3 is 20.6 Å². The topological polar surface area (TPSA) is 107 Å². The van der Waals surface area contributed by atoms with Crippen LogP contribution in [-0.4, -0.2) is 29.9 Å². The van der Waals surface area contributed by atoms with Crippen molar-refractivity contribution in [2.24, 2.45) is 0 Å². The van der Waals surface area contributed by atoms with Gasteiger partial charge in [-0.3, -0.25) is 0 Å². The number of hydrogen-bond donors (Lipinski definition) is 4. The van der Waals surface area contributed by atoms with E-state index in [1.54, 1.807) is 18.5 Å². The molecule has 6 aromatic rings. The lowest BCUT2D eigenvalue weighted by Crippen LogP contribution is -2.05. The van der Waals surface area contributed by atoms with E-state index in [4.69, 9.17) is 11.6 Å². The number of aryl methyl sites for hydroxylation is 4. The summed E-state index contributed by atoms with van der Waals surface area (Å²) in [7, 11) is 0. The third kappa shape index (κ3) is 7.68. The molecule has 0 aliphatic rings. The Morgan fingerprint density at radius 3 is 1.60 bits per heavy atom. The van der Waals surface area contributed by atoms with E-state index < -0.39 is 11.7 Å². The smallest absolute Gasteiger partial charge is 0.364 e. The summed E-state index contributed by atoms with van der Waals surface area (Å²) >= 11 is 5.98. The highest BCUT2D eigenvalue weighted by atomic mass is 35.5. The molecule has 0 spiro atoms. The lowest BCUT2D eigenvalue weighted by atomic mass is 10.1. The molecule has 230 valence electrons. The van der Waals surface area contributed by atoms with Crippen LogP contribution in [-0.2, 0) is 6.18 Å². The second kappa shape index (κ2) is 13.2. The molecule has 0 fully saturated rings. The van der Waals surface area contributed by atoms with Crippen molar-refractivity contribution in [2.75, 3.05) is 10.6 Å². The van der Waals surface area contributed by atoms with Gasteiger partial charge in [0.1, 0.15) is 0 Å². The summed E-state index contributed by atoms with van der Waals surface area (Å²) in [5.74, 6) is 0.793. The zero-order valence-corrected chi connectivity index (χ0v) is 25.6. The Morgan fingerprint density at radius 2 is 1.16 bits per heavy atom. The maximum Gasteiger partial charge on any atom is 0.416 e. The summed E-state index contributed by atoms with van der Waals surface area (Å²) in [6, 6.07) is 16.1. The van der Waals surface area contributed by atoms with Crippen LogP contribution in [0.1, 0.15) is 28.1 Å². The summed E-state index contributed by atoms with van der Waals surface area (Å²) in [5, 5.41) is 6.67. The van der Waals surface area contributed by atoms with Crippen molar-refractivity contribution in [3.05, 3.63) is 119 Å². The van der Waals surface area contributed by atoms with Crippen molar-refractivity contribution >= 4 is 34.9 Å². The van der Waals surface area contributed by atoms with Gasteiger partial charge in [-0.25, -0.2) is 19.9 Å².